The van der Waals surface area contributed by atoms with Gasteiger partial charge in [-0.05, 0) is 25.8 Å². The van der Waals surface area contributed by atoms with Crippen LogP contribution in [0.4, 0.5) is 10.6 Å². The molecule has 7 nitrogen and oxygen atoms in total. The Labute approximate surface area is 137 Å². The molecule has 0 bridgehead atoms. The first-order valence-corrected chi connectivity index (χ1v) is 8.33. The van der Waals surface area contributed by atoms with Crippen LogP contribution in [-0.4, -0.2) is 39.7 Å². The van der Waals surface area contributed by atoms with Gasteiger partial charge in [-0.25, -0.2) is 14.8 Å². The first kappa shape index (κ1) is 15.9. The van der Waals surface area contributed by atoms with Crippen molar-refractivity contribution in [1.29, 1.82) is 0 Å². The molecule has 3 rings (SSSR count). The molecule has 1 saturated carbocycles. The molecule has 2 aromatic rings. The molecule has 0 spiro atoms. The highest BCUT2D eigenvalue weighted by Crippen LogP contribution is 2.41. The van der Waals surface area contributed by atoms with E-state index < -0.39 is 7.12 Å². The van der Waals surface area contributed by atoms with Gasteiger partial charge in [-0.15, -0.1) is 11.3 Å². The number of carbonyl (C=O) groups excluding carboxylic acids is 1. The third kappa shape index (κ3) is 3.69. The van der Waals surface area contributed by atoms with Crippen LogP contribution in [0.25, 0.3) is 10.6 Å². The highest BCUT2D eigenvalue weighted by Gasteiger charge is 2.27. The van der Waals surface area contributed by atoms with Crippen LogP contribution in [-0.2, 0) is 0 Å². The number of aromatic nitrogens is 2. The summed E-state index contributed by atoms with van der Waals surface area (Å²) in [4.78, 5) is 20.2. The molecule has 0 saturated heterocycles. The SMILES string of the molecule is CCNC(=O)Nc1cc(-c2nc(C3CC3)cs2)c(B(O)O)cn1. The van der Waals surface area contributed by atoms with Gasteiger partial charge in [0.15, 0.2) is 0 Å². The maximum atomic E-state index is 11.6. The summed E-state index contributed by atoms with van der Waals surface area (Å²) in [7, 11) is -1.65. The number of nitrogens with one attached hydrogen (secondary N) is 2. The van der Waals surface area contributed by atoms with Crippen LogP contribution in [0.1, 0.15) is 31.4 Å². The number of hydrogen-bond acceptors (Lipinski definition) is 6. The molecule has 120 valence electrons. The molecule has 1 aliphatic carbocycles. The summed E-state index contributed by atoms with van der Waals surface area (Å²) in [6, 6.07) is 1.25. The van der Waals surface area contributed by atoms with Gasteiger partial charge in [0.2, 0.25) is 0 Å². The van der Waals surface area contributed by atoms with Crippen LogP contribution in [0.15, 0.2) is 17.6 Å². The van der Waals surface area contributed by atoms with Gasteiger partial charge in [-0.2, -0.15) is 0 Å². The highest BCUT2D eigenvalue weighted by molar-refractivity contribution is 7.13. The van der Waals surface area contributed by atoms with E-state index in [9.17, 15) is 14.8 Å². The predicted molar refractivity (Wildman–Crippen MR) is 89.8 cm³/mol. The fourth-order valence-electron chi connectivity index (χ4n) is 2.22. The lowest BCUT2D eigenvalue weighted by atomic mass is 9.78. The Morgan fingerprint density at radius 1 is 1.48 bits per heavy atom. The number of urea groups is 1. The maximum Gasteiger partial charge on any atom is 0.490 e. The minimum absolute atomic E-state index is 0.267. The molecule has 2 amide bonds. The quantitative estimate of drug-likeness (QED) is 0.609. The topological polar surface area (TPSA) is 107 Å². The lowest BCUT2D eigenvalue weighted by molar-refractivity contribution is 0.252. The van der Waals surface area contributed by atoms with Crippen LogP contribution >= 0.6 is 11.3 Å². The first-order chi connectivity index (χ1) is 11.1. The number of thiazole rings is 1. The van der Waals surface area contributed by atoms with Gasteiger partial charge >= 0.3 is 13.1 Å². The van der Waals surface area contributed by atoms with E-state index in [-0.39, 0.29) is 11.5 Å². The standard InChI is InChI=1S/C14H17BN4O3S/c1-2-16-14(20)19-12-5-9(10(6-17-12)15(21)22)13-18-11(7-23-13)8-3-4-8/h5-8,21-22H,2-4H2,1H3,(H2,16,17,19,20). The minimum Gasteiger partial charge on any atom is -0.423 e. The molecule has 23 heavy (non-hydrogen) atoms. The van der Waals surface area contributed by atoms with Crippen molar-refractivity contribution >= 4 is 35.8 Å². The van der Waals surface area contributed by atoms with Crippen LogP contribution in [0.2, 0.25) is 0 Å². The highest BCUT2D eigenvalue weighted by atomic mass is 32.1. The summed E-state index contributed by atoms with van der Waals surface area (Å²) in [6.07, 6.45) is 3.65. The van der Waals surface area contributed by atoms with E-state index in [1.54, 1.807) is 6.07 Å². The monoisotopic (exact) mass is 332 g/mol. The third-order valence-electron chi connectivity index (χ3n) is 3.54. The van der Waals surface area contributed by atoms with E-state index in [4.69, 9.17) is 0 Å². The van der Waals surface area contributed by atoms with Gasteiger partial charge in [-0.3, -0.25) is 5.32 Å². The third-order valence-corrected chi connectivity index (χ3v) is 4.43. The summed E-state index contributed by atoms with van der Waals surface area (Å²) in [5.74, 6) is 0.857. The lowest BCUT2D eigenvalue weighted by Crippen LogP contribution is -2.33. The number of hydrogen-bond donors (Lipinski definition) is 4. The Balaban J connectivity index is 1.92. The largest absolute Gasteiger partial charge is 0.490 e. The number of amides is 2. The van der Waals surface area contributed by atoms with Gasteiger partial charge in [0.1, 0.15) is 10.8 Å². The van der Waals surface area contributed by atoms with Crippen molar-refractivity contribution in [3.63, 3.8) is 0 Å². The molecular formula is C14H17BN4O3S. The maximum absolute atomic E-state index is 11.6. The van der Waals surface area contributed by atoms with Crippen molar-refractivity contribution in [1.82, 2.24) is 15.3 Å². The lowest BCUT2D eigenvalue weighted by Gasteiger charge is -2.10. The minimum atomic E-state index is -1.65. The molecule has 4 N–H and O–H groups in total. The average molecular weight is 332 g/mol. The zero-order valence-corrected chi connectivity index (χ0v) is 13.4. The van der Waals surface area contributed by atoms with Gasteiger partial charge in [0.05, 0.1) is 5.69 Å². The van der Waals surface area contributed by atoms with Crippen molar-refractivity contribution < 1.29 is 14.8 Å². The molecular weight excluding hydrogens is 315 g/mol. The molecule has 0 radical (unpaired) electrons. The molecule has 0 aliphatic heterocycles. The molecule has 9 heteroatoms. The van der Waals surface area contributed by atoms with Crippen LogP contribution < -0.4 is 16.1 Å². The summed E-state index contributed by atoms with van der Waals surface area (Å²) in [5.41, 5.74) is 1.88. The molecule has 0 atom stereocenters. The van der Waals surface area contributed by atoms with Gasteiger partial charge < -0.3 is 15.4 Å². The van der Waals surface area contributed by atoms with E-state index in [1.807, 2.05) is 12.3 Å². The van der Waals surface area contributed by atoms with Gasteiger partial charge in [-0.1, -0.05) is 0 Å². The second kappa shape index (κ2) is 6.65. The van der Waals surface area contributed by atoms with Crippen LogP contribution in [0, 0.1) is 0 Å². The summed E-state index contributed by atoms with van der Waals surface area (Å²) < 4.78 is 0. The Kier molecular flexibility index (Phi) is 4.60. The molecule has 2 heterocycles. The predicted octanol–water partition coefficient (Wildman–Crippen LogP) is 0.904. The smallest absolute Gasteiger partial charge is 0.423 e. The Bertz CT molecular complexity index is 718. The Morgan fingerprint density at radius 2 is 2.26 bits per heavy atom. The number of nitrogens with zero attached hydrogens (tertiary/aromatic N) is 2. The molecule has 1 aliphatic rings. The molecule has 2 aromatic heterocycles. The average Bonchev–Trinajstić information content (AvgIpc) is 3.24. The second-order valence-electron chi connectivity index (χ2n) is 5.37. The van der Waals surface area contributed by atoms with E-state index in [0.29, 0.717) is 28.9 Å². The fraction of sp³-hybridized carbons (Fsp3) is 0.357. The summed E-state index contributed by atoms with van der Waals surface area (Å²) in [6.45, 7) is 2.32. The summed E-state index contributed by atoms with van der Waals surface area (Å²) in [5, 5.41) is 27.0. The number of carbonyl (C=O) groups is 1. The van der Waals surface area contributed by atoms with Crippen LogP contribution in [0.5, 0.6) is 0 Å². The number of rotatable bonds is 5. The van der Waals surface area contributed by atoms with Crippen LogP contribution in [0.3, 0.4) is 0 Å². The second-order valence-corrected chi connectivity index (χ2v) is 6.22. The van der Waals surface area contributed by atoms with E-state index >= 15 is 0 Å². The molecule has 1 fully saturated rings. The van der Waals surface area contributed by atoms with E-state index in [2.05, 4.69) is 20.6 Å². The van der Waals surface area contributed by atoms with Crippen molar-refractivity contribution in [2.45, 2.75) is 25.7 Å². The van der Waals surface area contributed by atoms with Crippen molar-refractivity contribution in [2.75, 3.05) is 11.9 Å². The molecule has 0 unspecified atom stereocenters. The first-order valence-electron chi connectivity index (χ1n) is 7.45. The Hall–Kier alpha value is -1.97. The fourth-order valence-corrected chi connectivity index (χ4v) is 3.16. The molecule has 0 aromatic carbocycles. The van der Waals surface area contributed by atoms with Crippen molar-refractivity contribution in [3.8, 4) is 10.6 Å². The number of pyridine rings is 1. The van der Waals surface area contributed by atoms with Crippen molar-refractivity contribution in [3.05, 3.63) is 23.3 Å². The van der Waals surface area contributed by atoms with Gasteiger partial charge in [0, 0.05) is 35.1 Å². The normalized spacial score (nSPS) is 13.7. The summed E-state index contributed by atoms with van der Waals surface area (Å²) >= 11 is 1.45. The van der Waals surface area contributed by atoms with E-state index in [0.717, 1.165) is 18.5 Å². The van der Waals surface area contributed by atoms with Crippen molar-refractivity contribution in [2.24, 2.45) is 0 Å². The van der Waals surface area contributed by atoms with Gasteiger partial charge in [0.25, 0.3) is 0 Å². The zero-order valence-electron chi connectivity index (χ0n) is 12.6. The zero-order chi connectivity index (χ0) is 16.4. The van der Waals surface area contributed by atoms with E-state index in [1.165, 1.54) is 17.5 Å². The Morgan fingerprint density at radius 3 is 2.91 bits per heavy atom. The number of anilines is 1.